The fourth-order valence-electron chi connectivity index (χ4n) is 1.48. The van der Waals surface area contributed by atoms with Crippen molar-refractivity contribution in [2.75, 3.05) is 0 Å². The van der Waals surface area contributed by atoms with Crippen LogP contribution in [0, 0.1) is 11.7 Å². The topological polar surface area (TPSA) is 26.0 Å². The van der Waals surface area contributed by atoms with Gasteiger partial charge in [-0.1, -0.05) is 37.6 Å². The first-order valence-electron chi connectivity index (χ1n) is 5.22. The summed E-state index contributed by atoms with van der Waals surface area (Å²) in [6.07, 6.45) is 1.86. The van der Waals surface area contributed by atoms with Crippen LogP contribution in [0.25, 0.3) is 0 Å². The molecule has 4 heteroatoms. The zero-order valence-electron chi connectivity index (χ0n) is 9.54. The maximum absolute atomic E-state index is 13.2. The van der Waals surface area contributed by atoms with Crippen molar-refractivity contribution in [2.24, 2.45) is 11.7 Å². The highest BCUT2D eigenvalue weighted by Crippen LogP contribution is 2.27. The van der Waals surface area contributed by atoms with Crippen LogP contribution in [0.1, 0.15) is 38.3 Å². The molecule has 2 N–H and O–H groups in total. The predicted octanol–water partition coefficient (Wildman–Crippen LogP) is 4.34. The summed E-state index contributed by atoms with van der Waals surface area (Å²) in [4.78, 5) is 0. The Kier molecular flexibility index (Phi) is 6.96. The van der Waals surface area contributed by atoms with Gasteiger partial charge in [0.25, 0.3) is 0 Å². The van der Waals surface area contributed by atoms with Crippen LogP contribution >= 0.6 is 24.0 Å². The van der Waals surface area contributed by atoms with Gasteiger partial charge in [-0.15, -0.1) is 12.4 Å². The zero-order chi connectivity index (χ0) is 11.4. The second kappa shape index (κ2) is 7.10. The summed E-state index contributed by atoms with van der Waals surface area (Å²) in [7, 11) is 0. The van der Waals surface area contributed by atoms with Crippen molar-refractivity contribution in [1.82, 2.24) is 0 Å². The van der Waals surface area contributed by atoms with Gasteiger partial charge in [-0.2, -0.15) is 0 Å². The molecule has 0 saturated carbocycles. The molecule has 1 aromatic carbocycles. The molecule has 0 unspecified atom stereocenters. The van der Waals surface area contributed by atoms with Gasteiger partial charge in [-0.3, -0.25) is 0 Å². The molecule has 1 atom stereocenters. The molecule has 0 aromatic heterocycles. The summed E-state index contributed by atoms with van der Waals surface area (Å²) in [6, 6.07) is 4.61. The summed E-state index contributed by atoms with van der Waals surface area (Å²) in [5, 5.41) is 0.161. The van der Waals surface area contributed by atoms with E-state index in [4.69, 9.17) is 17.3 Å². The standard InChI is InChI=1S/C12H17ClFN.ClH/c1-8(2)6-7-11(15)9-4-3-5-10(14)12(9)13;/h3-5,8,11H,6-7,15H2,1-2H3;1H/t11-;/m1./s1. The molecule has 0 aliphatic carbocycles. The molecule has 0 amide bonds. The smallest absolute Gasteiger partial charge is 0.142 e. The van der Waals surface area contributed by atoms with Crippen molar-refractivity contribution in [1.29, 1.82) is 0 Å². The monoisotopic (exact) mass is 265 g/mol. The minimum Gasteiger partial charge on any atom is -0.324 e. The Labute approximate surface area is 108 Å². The highest BCUT2D eigenvalue weighted by molar-refractivity contribution is 6.31. The van der Waals surface area contributed by atoms with Crippen molar-refractivity contribution in [3.8, 4) is 0 Å². The van der Waals surface area contributed by atoms with Crippen molar-refractivity contribution in [3.63, 3.8) is 0 Å². The van der Waals surface area contributed by atoms with E-state index >= 15 is 0 Å². The van der Waals surface area contributed by atoms with Crippen LogP contribution in [0.2, 0.25) is 5.02 Å². The van der Waals surface area contributed by atoms with E-state index in [1.165, 1.54) is 6.07 Å². The largest absolute Gasteiger partial charge is 0.324 e. The molecule has 0 heterocycles. The first kappa shape index (κ1) is 15.7. The van der Waals surface area contributed by atoms with E-state index in [1.54, 1.807) is 12.1 Å². The molecular weight excluding hydrogens is 248 g/mol. The molecule has 16 heavy (non-hydrogen) atoms. The molecule has 0 aliphatic rings. The Hall–Kier alpha value is -0.310. The fraction of sp³-hybridized carbons (Fsp3) is 0.500. The summed E-state index contributed by atoms with van der Waals surface area (Å²) in [5.74, 6) is 0.206. The first-order chi connectivity index (χ1) is 7.02. The Morgan fingerprint density at radius 2 is 1.94 bits per heavy atom. The molecule has 0 bridgehead atoms. The minimum absolute atomic E-state index is 0. The Balaban J connectivity index is 0.00000225. The molecule has 1 rings (SSSR count). The van der Waals surface area contributed by atoms with Crippen LogP contribution in [0.3, 0.4) is 0 Å². The van der Waals surface area contributed by atoms with Crippen LogP contribution in [-0.4, -0.2) is 0 Å². The molecule has 1 nitrogen and oxygen atoms in total. The Morgan fingerprint density at radius 1 is 1.31 bits per heavy atom. The van der Waals surface area contributed by atoms with E-state index < -0.39 is 5.82 Å². The van der Waals surface area contributed by atoms with E-state index in [2.05, 4.69) is 13.8 Å². The average molecular weight is 266 g/mol. The van der Waals surface area contributed by atoms with Gasteiger partial charge in [0, 0.05) is 6.04 Å². The van der Waals surface area contributed by atoms with Gasteiger partial charge in [-0.05, 0) is 30.4 Å². The van der Waals surface area contributed by atoms with Gasteiger partial charge in [0.05, 0.1) is 5.02 Å². The Morgan fingerprint density at radius 3 is 2.50 bits per heavy atom. The van der Waals surface area contributed by atoms with Crippen LogP contribution in [0.5, 0.6) is 0 Å². The van der Waals surface area contributed by atoms with Crippen LogP contribution < -0.4 is 5.73 Å². The van der Waals surface area contributed by atoms with Gasteiger partial charge in [0.1, 0.15) is 5.82 Å². The van der Waals surface area contributed by atoms with Crippen molar-refractivity contribution < 1.29 is 4.39 Å². The molecular formula is C12H18Cl2FN. The van der Waals surface area contributed by atoms with E-state index in [9.17, 15) is 4.39 Å². The predicted molar refractivity (Wildman–Crippen MR) is 69.7 cm³/mol. The lowest BCUT2D eigenvalue weighted by atomic mass is 9.98. The third kappa shape index (κ3) is 4.28. The van der Waals surface area contributed by atoms with Crippen molar-refractivity contribution >= 4 is 24.0 Å². The SMILES string of the molecule is CC(C)CC[C@@H](N)c1cccc(F)c1Cl.Cl. The van der Waals surface area contributed by atoms with Crippen LogP contribution in [-0.2, 0) is 0 Å². The maximum Gasteiger partial charge on any atom is 0.142 e. The quantitative estimate of drug-likeness (QED) is 0.862. The van der Waals surface area contributed by atoms with Gasteiger partial charge in [0.15, 0.2) is 0 Å². The van der Waals surface area contributed by atoms with E-state index in [-0.39, 0.29) is 23.5 Å². The number of hydrogen-bond acceptors (Lipinski definition) is 1. The summed E-state index contributed by atoms with van der Waals surface area (Å²) in [6.45, 7) is 4.28. The van der Waals surface area contributed by atoms with E-state index in [1.807, 2.05) is 0 Å². The Bertz CT molecular complexity index is 329. The number of nitrogens with two attached hydrogens (primary N) is 1. The molecule has 0 aliphatic heterocycles. The summed E-state index contributed by atoms with van der Waals surface area (Å²) < 4.78 is 13.2. The number of halogens is 3. The third-order valence-corrected chi connectivity index (χ3v) is 2.83. The average Bonchev–Trinajstić information content (AvgIpc) is 2.18. The third-order valence-electron chi connectivity index (χ3n) is 2.44. The normalized spacial score (nSPS) is 12.4. The van der Waals surface area contributed by atoms with Crippen LogP contribution in [0.4, 0.5) is 4.39 Å². The van der Waals surface area contributed by atoms with Gasteiger partial charge >= 0.3 is 0 Å². The lowest BCUT2D eigenvalue weighted by Crippen LogP contribution is -2.12. The lowest BCUT2D eigenvalue weighted by Gasteiger charge is -2.15. The minimum atomic E-state index is -0.394. The molecule has 0 radical (unpaired) electrons. The number of rotatable bonds is 4. The second-order valence-corrected chi connectivity index (χ2v) is 4.60. The highest BCUT2D eigenvalue weighted by Gasteiger charge is 2.13. The highest BCUT2D eigenvalue weighted by atomic mass is 35.5. The van der Waals surface area contributed by atoms with Gasteiger partial charge < -0.3 is 5.73 Å². The van der Waals surface area contributed by atoms with Gasteiger partial charge in [-0.25, -0.2) is 4.39 Å². The summed E-state index contributed by atoms with van der Waals surface area (Å²) in [5.41, 5.74) is 6.67. The van der Waals surface area contributed by atoms with Gasteiger partial charge in [0.2, 0.25) is 0 Å². The second-order valence-electron chi connectivity index (χ2n) is 4.22. The van der Waals surface area contributed by atoms with Crippen molar-refractivity contribution in [2.45, 2.75) is 32.7 Å². The van der Waals surface area contributed by atoms with E-state index in [0.29, 0.717) is 11.5 Å². The first-order valence-corrected chi connectivity index (χ1v) is 5.59. The fourth-order valence-corrected chi connectivity index (χ4v) is 1.74. The molecule has 0 saturated heterocycles. The number of hydrogen-bond donors (Lipinski definition) is 1. The number of benzene rings is 1. The maximum atomic E-state index is 13.2. The molecule has 0 spiro atoms. The lowest BCUT2D eigenvalue weighted by molar-refractivity contribution is 0.505. The zero-order valence-corrected chi connectivity index (χ0v) is 11.1. The van der Waals surface area contributed by atoms with Crippen molar-refractivity contribution in [3.05, 3.63) is 34.6 Å². The molecule has 0 fully saturated rings. The molecule has 92 valence electrons. The van der Waals surface area contributed by atoms with Crippen LogP contribution in [0.15, 0.2) is 18.2 Å². The summed E-state index contributed by atoms with van der Waals surface area (Å²) >= 11 is 5.85. The van der Waals surface area contributed by atoms with E-state index in [0.717, 1.165) is 12.8 Å². The molecule has 1 aromatic rings.